The number of aromatic nitrogens is 4. The number of hydrogen-bond donors (Lipinski definition) is 3. The molecule has 1 fully saturated rings. The molecule has 10 heteroatoms. The van der Waals surface area contributed by atoms with E-state index in [0.717, 1.165) is 23.7 Å². The Morgan fingerprint density at radius 1 is 1.30 bits per heavy atom. The Morgan fingerprint density at radius 2 is 2.12 bits per heavy atom. The van der Waals surface area contributed by atoms with Crippen molar-refractivity contribution < 1.29 is 9.13 Å². The number of halogens is 1. The van der Waals surface area contributed by atoms with Gasteiger partial charge in [-0.3, -0.25) is 4.79 Å². The number of aromatic amines is 1. The van der Waals surface area contributed by atoms with Crippen LogP contribution in [0.25, 0.3) is 21.9 Å². The Balaban J connectivity index is 1.72. The minimum Gasteiger partial charge on any atom is -0.424 e. The summed E-state index contributed by atoms with van der Waals surface area (Å²) < 4.78 is 21.8. The number of anilines is 2. The fraction of sp³-hybridized carbons (Fsp3) is 0.348. The molecule has 1 saturated heterocycles. The molecular weight excluding hydrogens is 425 g/mol. The Morgan fingerprint density at radius 3 is 2.85 bits per heavy atom. The zero-order valence-corrected chi connectivity index (χ0v) is 18.7. The Bertz CT molecular complexity index is 1410. The van der Waals surface area contributed by atoms with Crippen LogP contribution in [0.5, 0.6) is 11.8 Å². The standard InChI is InChI=1S/C23H26FN7O2/c1-12-8-14(25)4-7-31(12)22-19-16-9-13(24)10-17(26-2)20(16)27-21(19)28-23(29-22)33-15-5-6-30(3)18(32)11-15/h5-6,9-12,14,26H,4,7-8,25H2,1-3H3,(H,27,28,29)/t12-,14?/m1/s1. The van der Waals surface area contributed by atoms with Crippen molar-refractivity contribution in [1.29, 1.82) is 0 Å². The predicted octanol–water partition coefficient (Wildman–Crippen LogP) is 3.10. The molecule has 0 bridgehead atoms. The molecule has 9 nitrogen and oxygen atoms in total. The third kappa shape index (κ3) is 3.76. The molecule has 4 heterocycles. The van der Waals surface area contributed by atoms with Crippen LogP contribution in [0, 0.1) is 5.82 Å². The summed E-state index contributed by atoms with van der Waals surface area (Å²) in [5, 5.41) is 4.44. The first kappa shape index (κ1) is 21.2. The van der Waals surface area contributed by atoms with Crippen molar-refractivity contribution in [2.75, 3.05) is 23.8 Å². The number of piperidine rings is 1. The van der Waals surface area contributed by atoms with Gasteiger partial charge in [-0.1, -0.05) is 0 Å². The summed E-state index contributed by atoms with van der Waals surface area (Å²) >= 11 is 0. The lowest BCUT2D eigenvalue weighted by Gasteiger charge is -2.37. The van der Waals surface area contributed by atoms with E-state index in [9.17, 15) is 9.18 Å². The van der Waals surface area contributed by atoms with Gasteiger partial charge in [0, 0.05) is 50.4 Å². The maximum Gasteiger partial charge on any atom is 0.325 e. The molecule has 3 aromatic heterocycles. The molecule has 0 spiro atoms. The number of ether oxygens (including phenoxy) is 1. The first-order chi connectivity index (χ1) is 15.8. The minimum atomic E-state index is -0.354. The summed E-state index contributed by atoms with van der Waals surface area (Å²) in [6.45, 7) is 2.81. The highest BCUT2D eigenvalue weighted by atomic mass is 19.1. The van der Waals surface area contributed by atoms with Crippen LogP contribution in [0.2, 0.25) is 0 Å². The lowest BCUT2D eigenvalue weighted by Crippen LogP contribution is -2.46. The second-order valence-corrected chi connectivity index (χ2v) is 8.54. The number of benzene rings is 1. The SMILES string of the molecule is CNc1cc(F)cc2c1[nH]c1nc(Oc3ccn(C)c(=O)c3)nc(N3CCC(N)C[C@H]3C)c12. The van der Waals surface area contributed by atoms with Crippen LogP contribution in [-0.2, 0) is 7.05 Å². The molecule has 4 aromatic rings. The van der Waals surface area contributed by atoms with Crippen molar-refractivity contribution in [1.82, 2.24) is 19.5 Å². The van der Waals surface area contributed by atoms with Crippen LogP contribution in [-0.4, -0.2) is 45.2 Å². The smallest absolute Gasteiger partial charge is 0.325 e. The number of fused-ring (bicyclic) bond motifs is 3. The molecule has 0 saturated carbocycles. The topological polar surface area (TPSA) is 114 Å². The molecule has 5 rings (SSSR count). The molecule has 1 unspecified atom stereocenters. The maximum atomic E-state index is 14.4. The van der Waals surface area contributed by atoms with Gasteiger partial charge >= 0.3 is 6.01 Å². The monoisotopic (exact) mass is 451 g/mol. The number of hydrogen-bond acceptors (Lipinski definition) is 7. The van der Waals surface area contributed by atoms with Gasteiger partial charge in [0.2, 0.25) is 0 Å². The molecular formula is C23H26FN7O2. The van der Waals surface area contributed by atoms with E-state index < -0.39 is 0 Å². The van der Waals surface area contributed by atoms with E-state index in [1.54, 1.807) is 26.4 Å². The Kier molecular flexibility index (Phi) is 5.16. The van der Waals surface area contributed by atoms with Crippen molar-refractivity contribution in [3.63, 3.8) is 0 Å². The van der Waals surface area contributed by atoms with Gasteiger partial charge < -0.3 is 30.2 Å². The number of nitrogens with zero attached hydrogens (tertiary/aromatic N) is 4. The summed E-state index contributed by atoms with van der Waals surface area (Å²) in [6, 6.07) is 6.35. The largest absolute Gasteiger partial charge is 0.424 e. The van der Waals surface area contributed by atoms with Crippen LogP contribution in [0.1, 0.15) is 19.8 Å². The second kappa shape index (κ2) is 8.04. The van der Waals surface area contributed by atoms with E-state index in [1.807, 2.05) is 0 Å². The van der Waals surface area contributed by atoms with E-state index in [4.69, 9.17) is 15.5 Å². The van der Waals surface area contributed by atoms with E-state index >= 15 is 0 Å². The minimum absolute atomic E-state index is 0.103. The first-order valence-corrected chi connectivity index (χ1v) is 10.9. The zero-order valence-electron chi connectivity index (χ0n) is 18.7. The number of H-pyrrole nitrogens is 1. The summed E-state index contributed by atoms with van der Waals surface area (Å²) in [7, 11) is 3.41. The average molecular weight is 452 g/mol. The Labute approximate surface area is 189 Å². The van der Waals surface area contributed by atoms with Gasteiger partial charge in [0.1, 0.15) is 23.0 Å². The molecule has 1 aliphatic heterocycles. The summed E-state index contributed by atoms with van der Waals surface area (Å²) in [4.78, 5) is 26.8. The van der Waals surface area contributed by atoms with Gasteiger partial charge in [0.25, 0.3) is 5.56 Å². The van der Waals surface area contributed by atoms with Crippen molar-refractivity contribution >= 4 is 33.4 Å². The van der Waals surface area contributed by atoms with Gasteiger partial charge in [-0.05, 0) is 38.0 Å². The molecule has 0 amide bonds. The summed E-state index contributed by atoms with van der Waals surface area (Å²) in [5.41, 5.74) is 7.86. The van der Waals surface area contributed by atoms with Crippen molar-refractivity contribution in [3.8, 4) is 11.8 Å². The molecule has 1 aromatic carbocycles. The molecule has 33 heavy (non-hydrogen) atoms. The number of nitrogens with one attached hydrogen (secondary N) is 2. The van der Waals surface area contributed by atoms with E-state index in [-0.39, 0.29) is 29.5 Å². The number of aryl methyl sites for hydroxylation is 1. The van der Waals surface area contributed by atoms with Crippen LogP contribution in [0.15, 0.2) is 35.3 Å². The zero-order chi connectivity index (χ0) is 23.3. The molecule has 172 valence electrons. The maximum absolute atomic E-state index is 14.4. The lowest BCUT2D eigenvalue weighted by molar-refractivity contribution is 0.419. The molecule has 0 aliphatic carbocycles. The van der Waals surface area contributed by atoms with Crippen molar-refractivity contribution in [3.05, 3.63) is 46.6 Å². The van der Waals surface area contributed by atoms with E-state index in [1.165, 1.54) is 22.8 Å². The first-order valence-electron chi connectivity index (χ1n) is 10.9. The predicted molar refractivity (Wildman–Crippen MR) is 127 cm³/mol. The summed E-state index contributed by atoms with van der Waals surface area (Å²) in [6.07, 6.45) is 3.25. The highest BCUT2D eigenvalue weighted by molar-refractivity contribution is 6.14. The van der Waals surface area contributed by atoms with E-state index in [0.29, 0.717) is 34.8 Å². The molecule has 2 atom stereocenters. The molecule has 1 aliphatic rings. The fourth-order valence-electron chi connectivity index (χ4n) is 4.50. The highest BCUT2D eigenvalue weighted by Crippen LogP contribution is 2.38. The highest BCUT2D eigenvalue weighted by Gasteiger charge is 2.28. The average Bonchev–Trinajstić information content (AvgIpc) is 3.13. The van der Waals surface area contributed by atoms with Crippen LogP contribution >= 0.6 is 0 Å². The third-order valence-corrected chi connectivity index (χ3v) is 6.23. The lowest BCUT2D eigenvalue weighted by atomic mass is 9.98. The Hall–Kier alpha value is -3.66. The van der Waals surface area contributed by atoms with Gasteiger partial charge in [-0.25, -0.2) is 4.39 Å². The molecule has 0 radical (unpaired) electrons. The van der Waals surface area contributed by atoms with Crippen LogP contribution < -0.4 is 26.2 Å². The molecule has 4 N–H and O–H groups in total. The van der Waals surface area contributed by atoms with Crippen molar-refractivity contribution in [2.24, 2.45) is 12.8 Å². The van der Waals surface area contributed by atoms with Crippen LogP contribution in [0.4, 0.5) is 15.9 Å². The number of nitrogens with two attached hydrogens (primary N) is 1. The summed E-state index contributed by atoms with van der Waals surface area (Å²) in [5.74, 6) is 0.639. The third-order valence-electron chi connectivity index (χ3n) is 6.23. The van der Waals surface area contributed by atoms with Gasteiger partial charge in [0.05, 0.1) is 16.6 Å². The van der Waals surface area contributed by atoms with E-state index in [2.05, 4.69) is 27.1 Å². The normalized spacial score (nSPS) is 18.8. The number of pyridine rings is 1. The van der Waals surface area contributed by atoms with Gasteiger partial charge in [0.15, 0.2) is 0 Å². The van der Waals surface area contributed by atoms with Gasteiger partial charge in [-0.2, -0.15) is 9.97 Å². The van der Waals surface area contributed by atoms with Gasteiger partial charge in [-0.15, -0.1) is 0 Å². The van der Waals surface area contributed by atoms with Crippen LogP contribution in [0.3, 0.4) is 0 Å². The van der Waals surface area contributed by atoms with Crippen molar-refractivity contribution in [2.45, 2.75) is 31.8 Å². The fourth-order valence-corrected chi connectivity index (χ4v) is 4.50. The second-order valence-electron chi connectivity index (χ2n) is 8.54. The quantitative estimate of drug-likeness (QED) is 0.437. The number of rotatable bonds is 4.